The lowest BCUT2D eigenvalue weighted by atomic mass is 9.71. The molecule has 0 saturated carbocycles. The third-order valence-corrected chi connectivity index (χ3v) is 2.90. The Morgan fingerprint density at radius 2 is 1.56 bits per heavy atom. The van der Waals surface area contributed by atoms with Gasteiger partial charge in [0.1, 0.15) is 11.6 Å². The van der Waals surface area contributed by atoms with Gasteiger partial charge in [0.2, 0.25) is 0 Å². The van der Waals surface area contributed by atoms with Gasteiger partial charge >= 0.3 is 0 Å². The molecular weight excluding hydrogens is 200 g/mol. The van der Waals surface area contributed by atoms with Crippen LogP contribution in [0.3, 0.4) is 0 Å². The Labute approximate surface area is 99.8 Å². The van der Waals surface area contributed by atoms with Gasteiger partial charge in [0.15, 0.2) is 0 Å². The Morgan fingerprint density at radius 1 is 1.06 bits per heavy atom. The molecule has 0 aromatic carbocycles. The summed E-state index contributed by atoms with van der Waals surface area (Å²) >= 11 is 0. The largest absolute Gasteiger partial charge is 0.300 e. The van der Waals surface area contributed by atoms with Crippen LogP contribution < -0.4 is 0 Å². The molecule has 0 amide bonds. The molecule has 0 aliphatic rings. The van der Waals surface area contributed by atoms with Crippen molar-refractivity contribution in [3.8, 4) is 0 Å². The summed E-state index contributed by atoms with van der Waals surface area (Å²) in [6.45, 7) is 12.1. The molecule has 2 nitrogen and oxygen atoms in total. The molecule has 0 N–H and O–H groups in total. The zero-order chi connectivity index (χ0) is 12.9. The molecule has 0 heterocycles. The molecule has 0 saturated heterocycles. The lowest BCUT2D eigenvalue weighted by Crippen LogP contribution is -2.32. The van der Waals surface area contributed by atoms with Crippen LogP contribution in [0.2, 0.25) is 0 Å². The summed E-state index contributed by atoms with van der Waals surface area (Å²) in [6.07, 6.45) is 1.77. The summed E-state index contributed by atoms with van der Waals surface area (Å²) in [6, 6.07) is 0. The average molecular weight is 226 g/mol. The van der Waals surface area contributed by atoms with Crippen LogP contribution in [0.5, 0.6) is 0 Å². The molecule has 2 heteroatoms. The van der Waals surface area contributed by atoms with E-state index in [0.29, 0.717) is 31.0 Å². The minimum absolute atomic E-state index is 0.0154. The zero-order valence-corrected chi connectivity index (χ0v) is 11.6. The first-order chi connectivity index (χ1) is 7.16. The van der Waals surface area contributed by atoms with Crippen molar-refractivity contribution < 1.29 is 9.59 Å². The number of hydrogen-bond acceptors (Lipinski definition) is 2. The quantitative estimate of drug-likeness (QED) is 0.693. The zero-order valence-electron chi connectivity index (χ0n) is 11.6. The van der Waals surface area contributed by atoms with E-state index in [1.54, 1.807) is 6.92 Å². The average Bonchev–Trinajstić information content (AvgIpc) is 1.98. The van der Waals surface area contributed by atoms with Crippen LogP contribution in [-0.2, 0) is 9.59 Å². The molecule has 0 aliphatic carbocycles. The summed E-state index contributed by atoms with van der Waals surface area (Å²) in [5.74, 6) is 0.942. The highest BCUT2D eigenvalue weighted by molar-refractivity contribution is 5.82. The van der Waals surface area contributed by atoms with Crippen molar-refractivity contribution in [1.82, 2.24) is 0 Å². The molecule has 0 aromatic rings. The molecule has 0 aliphatic heterocycles. The maximum Gasteiger partial charge on any atom is 0.136 e. The number of hydrogen-bond donors (Lipinski definition) is 0. The summed E-state index contributed by atoms with van der Waals surface area (Å²) in [4.78, 5) is 22.9. The van der Waals surface area contributed by atoms with Crippen molar-refractivity contribution in [2.75, 3.05) is 0 Å². The minimum atomic E-state index is 0.0154. The van der Waals surface area contributed by atoms with Crippen molar-refractivity contribution in [2.24, 2.45) is 17.3 Å². The van der Waals surface area contributed by atoms with Crippen LogP contribution in [0.15, 0.2) is 0 Å². The van der Waals surface area contributed by atoms with E-state index in [-0.39, 0.29) is 17.1 Å². The van der Waals surface area contributed by atoms with E-state index in [2.05, 4.69) is 34.6 Å². The second-order valence-electron chi connectivity index (χ2n) is 6.11. The van der Waals surface area contributed by atoms with Gasteiger partial charge in [0.25, 0.3) is 0 Å². The molecule has 1 atom stereocenters. The highest BCUT2D eigenvalue weighted by Crippen LogP contribution is 2.33. The van der Waals surface area contributed by atoms with Crippen LogP contribution in [-0.4, -0.2) is 11.6 Å². The summed E-state index contributed by atoms with van der Waals surface area (Å²) < 4.78 is 0. The first-order valence-corrected chi connectivity index (χ1v) is 6.18. The molecule has 0 bridgehead atoms. The van der Waals surface area contributed by atoms with E-state index in [1.165, 1.54) is 0 Å². The second kappa shape index (κ2) is 6.17. The van der Waals surface area contributed by atoms with E-state index in [9.17, 15) is 9.59 Å². The van der Waals surface area contributed by atoms with Crippen molar-refractivity contribution in [1.29, 1.82) is 0 Å². The van der Waals surface area contributed by atoms with E-state index >= 15 is 0 Å². The van der Waals surface area contributed by atoms with E-state index in [4.69, 9.17) is 0 Å². The van der Waals surface area contributed by atoms with E-state index < -0.39 is 0 Å². The SMILES string of the molecule is CC(=O)CCCC(=O)C(C(C)C)C(C)(C)C. The standard InChI is InChI=1S/C14H26O2/c1-10(2)13(14(4,5)6)12(16)9-7-8-11(3)15/h10,13H,7-9H2,1-6H3. The first kappa shape index (κ1) is 15.3. The fourth-order valence-corrected chi connectivity index (χ4v) is 2.52. The van der Waals surface area contributed by atoms with E-state index in [1.807, 2.05) is 0 Å². The third-order valence-electron chi connectivity index (χ3n) is 2.90. The Hall–Kier alpha value is -0.660. The van der Waals surface area contributed by atoms with Gasteiger partial charge in [0.05, 0.1) is 0 Å². The first-order valence-electron chi connectivity index (χ1n) is 6.18. The molecule has 0 rings (SSSR count). The second-order valence-corrected chi connectivity index (χ2v) is 6.11. The number of ketones is 2. The van der Waals surface area contributed by atoms with Crippen molar-refractivity contribution in [3.05, 3.63) is 0 Å². The van der Waals surface area contributed by atoms with Gasteiger partial charge in [-0.2, -0.15) is 0 Å². The van der Waals surface area contributed by atoms with Gasteiger partial charge in [-0.25, -0.2) is 0 Å². The Kier molecular flexibility index (Phi) is 5.91. The normalized spacial score (nSPS) is 13.9. The smallest absolute Gasteiger partial charge is 0.136 e. The van der Waals surface area contributed by atoms with Crippen molar-refractivity contribution in [3.63, 3.8) is 0 Å². The Morgan fingerprint density at radius 3 is 1.88 bits per heavy atom. The molecule has 94 valence electrons. The lowest BCUT2D eigenvalue weighted by molar-refractivity contribution is -0.128. The predicted octanol–water partition coefficient (Wildman–Crippen LogP) is 3.63. The van der Waals surface area contributed by atoms with Crippen LogP contribution in [0.25, 0.3) is 0 Å². The maximum absolute atomic E-state index is 12.1. The van der Waals surface area contributed by atoms with Crippen LogP contribution in [0, 0.1) is 17.3 Å². The Balaban J connectivity index is 4.36. The van der Waals surface area contributed by atoms with Crippen molar-refractivity contribution >= 4 is 11.6 Å². The molecule has 1 unspecified atom stereocenters. The highest BCUT2D eigenvalue weighted by atomic mass is 16.1. The van der Waals surface area contributed by atoms with Gasteiger partial charge in [-0.05, 0) is 24.7 Å². The lowest BCUT2D eigenvalue weighted by Gasteiger charge is -2.32. The molecular formula is C14H26O2. The third kappa shape index (κ3) is 5.43. The summed E-state index contributed by atoms with van der Waals surface area (Å²) in [5.41, 5.74) is 0.0154. The minimum Gasteiger partial charge on any atom is -0.300 e. The maximum atomic E-state index is 12.1. The molecule has 0 radical (unpaired) electrons. The van der Waals surface area contributed by atoms with Gasteiger partial charge in [-0.15, -0.1) is 0 Å². The number of carbonyl (C=O) groups excluding carboxylic acids is 2. The van der Waals surface area contributed by atoms with E-state index in [0.717, 1.165) is 0 Å². The monoisotopic (exact) mass is 226 g/mol. The topological polar surface area (TPSA) is 34.1 Å². The fraction of sp³-hybridized carbons (Fsp3) is 0.857. The Bertz CT molecular complexity index is 246. The van der Waals surface area contributed by atoms with Crippen molar-refractivity contribution in [2.45, 2.75) is 60.8 Å². The number of rotatable bonds is 6. The van der Waals surface area contributed by atoms with Crippen LogP contribution >= 0.6 is 0 Å². The number of carbonyl (C=O) groups is 2. The number of Topliss-reactive ketones (excluding diaryl/α,β-unsaturated/α-hetero) is 2. The van der Waals surface area contributed by atoms with Crippen LogP contribution in [0.4, 0.5) is 0 Å². The molecule has 0 fully saturated rings. The van der Waals surface area contributed by atoms with Gasteiger partial charge in [-0.3, -0.25) is 4.79 Å². The predicted molar refractivity (Wildman–Crippen MR) is 67.3 cm³/mol. The van der Waals surface area contributed by atoms with Gasteiger partial charge in [-0.1, -0.05) is 34.6 Å². The van der Waals surface area contributed by atoms with Gasteiger partial charge in [0, 0.05) is 18.8 Å². The molecule has 0 aromatic heterocycles. The highest BCUT2D eigenvalue weighted by Gasteiger charge is 2.32. The van der Waals surface area contributed by atoms with Crippen LogP contribution in [0.1, 0.15) is 60.8 Å². The molecule has 0 spiro atoms. The summed E-state index contributed by atoms with van der Waals surface area (Å²) in [7, 11) is 0. The van der Waals surface area contributed by atoms with Gasteiger partial charge < -0.3 is 4.79 Å². The molecule has 16 heavy (non-hydrogen) atoms. The fourth-order valence-electron chi connectivity index (χ4n) is 2.52. The summed E-state index contributed by atoms with van der Waals surface area (Å²) in [5, 5.41) is 0.